The molecule has 0 saturated heterocycles. The molecule has 1 unspecified atom stereocenters. The number of carbonyl (C=O) groups excluding carboxylic acids is 1. The zero-order valence-corrected chi connectivity index (χ0v) is 15.6. The fourth-order valence-electron chi connectivity index (χ4n) is 3.53. The van der Waals surface area contributed by atoms with E-state index in [1.54, 1.807) is 17.7 Å². The van der Waals surface area contributed by atoms with Gasteiger partial charge in [0.25, 0.3) is 5.91 Å². The molecule has 1 heterocycles. The van der Waals surface area contributed by atoms with Gasteiger partial charge in [0.1, 0.15) is 10.8 Å². The smallest absolute Gasteiger partial charge is 0.270 e. The maximum atomic E-state index is 13.1. The standard InChI is InChI=1S/C19H22Cl2N2O/c1-3-10-23(19(24)17-12-16(20)18(21)22(17)2)15-9-8-13-6-4-5-7-14(13)11-15/h4-7,12,15H,3,8-11H2,1-2H3. The Bertz CT molecular complexity index is 754. The first-order valence-corrected chi connectivity index (χ1v) is 9.17. The topological polar surface area (TPSA) is 25.2 Å². The highest BCUT2D eigenvalue weighted by Crippen LogP contribution is 2.29. The molecule has 0 saturated carbocycles. The molecule has 1 aromatic carbocycles. The van der Waals surface area contributed by atoms with Gasteiger partial charge in [0, 0.05) is 19.6 Å². The summed E-state index contributed by atoms with van der Waals surface area (Å²) in [6.07, 6.45) is 3.85. The van der Waals surface area contributed by atoms with Crippen molar-refractivity contribution in [2.24, 2.45) is 7.05 Å². The van der Waals surface area contributed by atoms with Crippen LogP contribution in [0.2, 0.25) is 10.2 Å². The van der Waals surface area contributed by atoms with Crippen LogP contribution in [0.4, 0.5) is 0 Å². The molecule has 0 N–H and O–H groups in total. The van der Waals surface area contributed by atoms with Crippen molar-refractivity contribution in [1.29, 1.82) is 0 Å². The predicted molar refractivity (Wildman–Crippen MR) is 99.0 cm³/mol. The van der Waals surface area contributed by atoms with Crippen molar-refractivity contribution in [2.75, 3.05) is 6.54 Å². The number of aryl methyl sites for hydroxylation is 1. The number of hydrogen-bond acceptors (Lipinski definition) is 1. The second kappa shape index (κ2) is 7.20. The molecule has 24 heavy (non-hydrogen) atoms. The van der Waals surface area contributed by atoms with Gasteiger partial charge in [-0.25, -0.2) is 0 Å². The molecule has 2 aromatic rings. The van der Waals surface area contributed by atoms with Crippen LogP contribution in [0, 0.1) is 0 Å². The van der Waals surface area contributed by atoms with Gasteiger partial charge in [0.2, 0.25) is 0 Å². The number of benzene rings is 1. The van der Waals surface area contributed by atoms with Crippen molar-refractivity contribution in [2.45, 2.75) is 38.6 Å². The van der Waals surface area contributed by atoms with E-state index in [4.69, 9.17) is 23.2 Å². The van der Waals surface area contributed by atoms with Crippen molar-refractivity contribution in [3.05, 3.63) is 57.3 Å². The number of aromatic nitrogens is 1. The monoisotopic (exact) mass is 364 g/mol. The van der Waals surface area contributed by atoms with E-state index in [1.807, 2.05) is 4.90 Å². The summed E-state index contributed by atoms with van der Waals surface area (Å²) in [5, 5.41) is 0.832. The van der Waals surface area contributed by atoms with E-state index in [-0.39, 0.29) is 11.9 Å². The maximum Gasteiger partial charge on any atom is 0.270 e. The highest BCUT2D eigenvalue weighted by Gasteiger charge is 2.29. The summed E-state index contributed by atoms with van der Waals surface area (Å²) in [6.45, 7) is 2.84. The average molecular weight is 365 g/mol. The van der Waals surface area contributed by atoms with Crippen LogP contribution in [0.15, 0.2) is 30.3 Å². The second-order valence-corrected chi connectivity index (χ2v) is 7.16. The first-order chi connectivity index (χ1) is 11.5. The fraction of sp³-hybridized carbons (Fsp3) is 0.421. The number of halogens is 2. The van der Waals surface area contributed by atoms with Crippen LogP contribution in [0.5, 0.6) is 0 Å². The lowest BCUT2D eigenvalue weighted by molar-refractivity contribution is 0.0652. The Morgan fingerprint density at radius 2 is 2.00 bits per heavy atom. The lowest BCUT2D eigenvalue weighted by Crippen LogP contribution is -2.44. The highest BCUT2D eigenvalue weighted by atomic mass is 35.5. The number of rotatable bonds is 4. The summed E-state index contributed by atoms with van der Waals surface area (Å²) < 4.78 is 1.67. The Labute approximate surface area is 153 Å². The molecule has 1 atom stereocenters. The lowest BCUT2D eigenvalue weighted by atomic mass is 9.87. The molecule has 1 aromatic heterocycles. The number of hydrogen-bond donors (Lipinski definition) is 0. The maximum absolute atomic E-state index is 13.1. The van der Waals surface area contributed by atoms with E-state index in [0.29, 0.717) is 15.9 Å². The van der Waals surface area contributed by atoms with Gasteiger partial charge in [0.05, 0.1) is 5.02 Å². The van der Waals surface area contributed by atoms with E-state index in [9.17, 15) is 4.79 Å². The summed E-state index contributed by atoms with van der Waals surface area (Å²) in [5.41, 5.74) is 3.31. The number of carbonyl (C=O) groups is 1. The van der Waals surface area contributed by atoms with Crippen LogP contribution in [-0.2, 0) is 19.9 Å². The van der Waals surface area contributed by atoms with Gasteiger partial charge in [-0.3, -0.25) is 4.79 Å². The first-order valence-electron chi connectivity index (χ1n) is 8.41. The predicted octanol–water partition coefficient (Wildman–Crippen LogP) is 4.74. The minimum atomic E-state index is 0.0116. The number of nitrogens with zero attached hydrogens (tertiary/aromatic N) is 2. The molecule has 1 amide bonds. The first kappa shape index (κ1) is 17.4. The third-order valence-electron chi connectivity index (χ3n) is 4.82. The van der Waals surface area contributed by atoms with Crippen LogP contribution in [0.3, 0.4) is 0 Å². The lowest BCUT2D eigenvalue weighted by Gasteiger charge is -2.35. The van der Waals surface area contributed by atoms with Gasteiger partial charge >= 0.3 is 0 Å². The van der Waals surface area contributed by atoms with Gasteiger partial charge in [-0.15, -0.1) is 0 Å². The van der Waals surface area contributed by atoms with Crippen LogP contribution in [-0.4, -0.2) is 28.0 Å². The molecule has 0 bridgehead atoms. The summed E-state index contributed by atoms with van der Waals surface area (Å²) in [5.74, 6) is 0.0116. The van der Waals surface area contributed by atoms with Gasteiger partial charge < -0.3 is 9.47 Å². The van der Waals surface area contributed by atoms with Crippen molar-refractivity contribution in [3.63, 3.8) is 0 Å². The molecule has 0 radical (unpaired) electrons. The summed E-state index contributed by atoms with van der Waals surface area (Å²) in [7, 11) is 1.78. The fourth-order valence-corrected chi connectivity index (χ4v) is 3.91. The zero-order chi connectivity index (χ0) is 17.3. The second-order valence-electron chi connectivity index (χ2n) is 6.39. The van der Waals surface area contributed by atoms with Crippen LogP contribution >= 0.6 is 23.2 Å². The molecule has 5 heteroatoms. The van der Waals surface area contributed by atoms with E-state index in [0.717, 1.165) is 32.2 Å². The minimum Gasteiger partial charge on any atom is -0.334 e. The van der Waals surface area contributed by atoms with Crippen molar-refractivity contribution >= 4 is 29.1 Å². The molecule has 0 fully saturated rings. The van der Waals surface area contributed by atoms with Gasteiger partial charge in [-0.05, 0) is 42.9 Å². The molecule has 3 rings (SSSR count). The van der Waals surface area contributed by atoms with E-state index in [2.05, 4.69) is 31.2 Å². The summed E-state index contributed by atoms with van der Waals surface area (Å²) in [4.78, 5) is 15.1. The summed E-state index contributed by atoms with van der Waals surface area (Å²) >= 11 is 12.2. The van der Waals surface area contributed by atoms with Gasteiger partial charge in [0.15, 0.2) is 0 Å². The third kappa shape index (κ3) is 3.20. The zero-order valence-electron chi connectivity index (χ0n) is 14.1. The Morgan fingerprint density at radius 3 is 2.62 bits per heavy atom. The number of amides is 1. The summed E-state index contributed by atoms with van der Waals surface area (Å²) in [6, 6.07) is 10.4. The average Bonchev–Trinajstić information content (AvgIpc) is 2.86. The van der Waals surface area contributed by atoms with Crippen molar-refractivity contribution < 1.29 is 4.79 Å². The van der Waals surface area contributed by atoms with E-state index < -0.39 is 0 Å². The molecule has 0 aliphatic heterocycles. The normalized spacial score (nSPS) is 16.8. The molecule has 3 nitrogen and oxygen atoms in total. The van der Waals surface area contributed by atoms with Gasteiger partial charge in [-0.1, -0.05) is 54.4 Å². The Balaban J connectivity index is 1.87. The Hall–Kier alpha value is -1.45. The SMILES string of the molecule is CCCN(C(=O)c1cc(Cl)c(Cl)n1C)C1CCc2ccccc2C1. The van der Waals surface area contributed by atoms with Crippen LogP contribution < -0.4 is 0 Å². The van der Waals surface area contributed by atoms with Crippen molar-refractivity contribution in [3.8, 4) is 0 Å². The molecular formula is C19H22Cl2N2O. The minimum absolute atomic E-state index is 0.0116. The Morgan fingerprint density at radius 1 is 1.29 bits per heavy atom. The highest BCUT2D eigenvalue weighted by molar-refractivity contribution is 6.41. The molecule has 128 valence electrons. The van der Waals surface area contributed by atoms with Gasteiger partial charge in [-0.2, -0.15) is 0 Å². The number of fused-ring (bicyclic) bond motifs is 1. The third-order valence-corrected chi connectivity index (χ3v) is 5.66. The molecule has 0 spiro atoms. The molecule has 1 aliphatic carbocycles. The molecule has 1 aliphatic rings. The Kier molecular flexibility index (Phi) is 5.21. The van der Waals surface area contributed by atoms with E-state index >= 15 is 0 Å². The molecular weight excluding hydrogens is 343 g/mol. The quantitative estimate of drug-likeness (QED) is 0.768. The van der Waals surface area contributed by atoms with Crippen LogP contribution in [0.25, 0.3) is 0 Å². The van der Waals surface area contributed by atoms with Crippen LogP contribution in [0.1, 0.15) is 41.4 Å². The largest absolute Gasteiger partial charge is 0.334 e. The van der Waals surface area contributed by atoms with Crippen molar-refractivity contribution in [1.82, 2.24) is 9.47 Å². The van der Waals surface area contributed by atoms with E-state index in [1.165, 1.54) is 11.1 Å².